The molecule has 2 aliphatic heterocycles. The number of aliphatic hydroxyl groups is 1. The van der Waals surface area contributed by atoms with Crippen LogP contribution in [0.5, 0.6) is 0 Å². The molecule has 3 aliphatic rings. The molecule has 1 unspecified atom stereocenters. The number of piperidine rings is 1. The Bertz CT molecular complexity index is 894. The minimum atomic E-state index is -1.08. The molecule has 162 valence electrons. The van der Waals surface area contributed by atoms with Gasteiger partial charge < -0.3 is 14.9 Å². The molecule has 2 saturated heterocycles. The van der Waals surface area contributed by atoms with Crippen molar-refractivity contribution < 1.29 is 14.7 Å². The molecule has 5 nitrogen and oxygen atoms in total. The number of hydrogen-bond acceptors (Lipinski definition) is 3. The predicted molar refractivity (Wildman–Crippen MR) is 118 cm³/mol. The number of carbonyl (C=O) groups is 2. The number of benzene rings is 2. The summed E-state index contributed by atoms with van der Waals surface area (Å²) in [5, 5.41) is 12.0. The van der Waals surface area contributed by atoms with Gasteiger partial charge in [-0.05, 0) is 42.7 Å². The Hall–Kier alpha value is -2.66. The molecule has 2 amide bonds. The molecule has 0 spiro atoms. The first-order valence-corrected chi connectivity index (χ1v) is 11.5. The highest BCUT2D eigenvalue weighted by molar-refractivity contribution is 5.89. The third-order valence-electron chi connectivity index (χ3n) is 7.32. The summed E-state index contributed by atoms with van der Waals surface area (Å²) in [5.41, 5.74) is 0.712. The average molecular weight is 419 g/mol. The zero-order chi connectivity index (χ0) is 21.4. The molecule has 5 rings (SSSR count). The Morgan fingerprint density at radius 3 is 1.94 bits per heavy atom. The van der Waals surface area contributed by atoms with Crippen LogP contribution in [0.1, 0.15) is 43.2 Å². The van der Waals surface area contributed by atoms with Crippen LogP contribution in [0.4, 0.5) is 0 Å². The van der Waals surface area contributed by atoms with Gasteiger partial charge in [0.1, 0.15) is 5.60 Å². The fourth-order valence-corrected chi connectivity index (χ4v) is 5.43. The van der Waals surface area contributed by atoms with Gasteiger partial charge >= 0.3 is 0 Å². The minimum Gasteiger partial charge on any atom is -0.380 e. The topological polar surface area (TPSA) is 60.9 Å². The van der Waals surface area contributed by atoms with Gasteiger partial charge in [-0.3, -0.25) is 9.59 Å². The summed E-state index contributed by atoms with van der Waals surface area (Å²) in [7, 11) is 0. The van der Waals surface area contributed by atoms with Crippen LogP contribution in [0.2, 0.25) is 0 Å². The van der Waals surface area contributed by atoms with Crippen LogP contribution < -0.4 is 0 Å². The molecular weight excluding hydrogens is 388 g/mol. The fraction of sp³-hybridized carbons (Fsp3) is 0.462. The average Bonchev–Trinajstić information content (AvgIpc) is 3.60. The van der Waals surface area contributed by atoms with Crippen molar-refractivity contribution in [3.63, 3.8) is 0 Å². The molecule has 2 aromatic rings. The summed E-state index contributed by atoms with van der Waals surface area (Å²) in [4.78, 5) is 29.2. The summed E-state index contributed by atoms with van der Waals surface area (Å²) in [6.45, 7) is 1.83. The second kappa shape index (κ2) is 8.12. The maximum absolute atomic E-state index is 13.1. The van der Waals surface area contributed by atoms with Crippen LogP contribution in [0.3, 0.4) is 0 Å². The molecule has 1 N–H and O–H groups in total. The maximum Gasteiger partial charge on any atom is 0.227 e. The van der Waals surface area contributed by atoms with E-state index >= 15 is 0 Å². The van der Waals surface area contributed by atoms with Crippen LogP contribution in [0, 0.1) is 11.8 Å². The van der Waals surface area contributed by atoms with Gasteiger partial charge in [-0.2, -0.15) is 0 Å². The second-order valence-corrected chi connectivity index (χ2v) is 9.28. The van der Waals surface area contributed by atoms with Gasteiger partial charge in [-0.1, -0.05) is 60.7 Å². The Kier molecular flexibility index (Phi) is 5.30. The first-order valence-electron chi connectivity index (χ1n) is 11.5. The summed E-state index contributed by atoms with van der Waals surface area (Å²) in [6.07, 6.45) is 3.98. The van der Waals surface area contributed by atoms with E-state index in [1.54, 1.807) is 0 Å². The van der Waals surface area contributed by atoms with Crippen LogP contribution in [-0.4, -0.2) is 52.4 Å². The van der Waals surface area contributed by atoms with Gasteiger partial charge in [-0.25, -0.2) is 0 Å². The monoisotopic (exact) mass is 418 g/mol. The van der Waals surface area contributed by atoms with E-state index in [4.69, 9.17) is 0 Å². The lowest BCUT2D eigenvalue weighted by atomic mass is 9.72. The smallest absolute Gasteiger partial charge is 0.227 e. The van der Waals surface area contributed by atoms with E-state index in [0.29, 0.717) is 32.1 Å². The lowest BCUT2D eigenvalue weighted by molar-refractivity contribution is -0.138. The number of likely N-dealkylation sites (tertiary alicyclic amines) is 2. The molecule has 0 radical (unpaired) electrons. The number of hydrogen-bond donors (Lipinski definition) is 1. The van der Waals surface area contributed by atoms with Gasteiger partial charge in [0.05, 0.1) is 5.92 Å². The first-order chi connectivity index (χ1) is 15.1. The largest absolute Gasteiger partial charge is 0.380 e. The number of rotatable bonds is 5. The SMILES string of the molecule is O=C(C1CC(=O)N(C2CC2)C1)N1CCC(C(O)(c2ccccc2)c2ccccc2)CC1. The number of amides is 2. The van der Waals surface area contributed by atoms with Crippen LogP contribution >= 0.6 is 0 Å². The van der Waals surface area contributed by atoms with Crippen molar-refractivity contribution in [1.29, 1.82) is 0 Å². The maximum atomic E-state index is 13.1. The number of nitrogens with zero attached hydrogens (tertiary/aromatic N) is 2. The van der Waals surface area contributed by atoms with Crippen molar-refractivity contribution in [1.82, 2.24) is 9.80 Å². The van der Waals surface area contributed by atoms with Crippen LogP contribution in [0.25, 0.3) is 0 Å². The van der Waals surface area contributed by atoms with Gasteiger partial charge in [0, 0.05) is 32.1 Å². The third kappa shape index (κ3) is 3.76. The third-order valence-corrected chi connectivity index (χ3v) is 7.32. The van der Waals surface area contributed by atoms with Crippen molar-refractivity contribution in [2.45, 2.75) is 43.7 Å². The minimum absolute atomic E-state index is 0.0227. The fourth-order valence-electron chi connectivity index (χ4n) is 5.43. The summed E-state index contributed by atoms with van der Waals surface area (Å²) >= 11 is 0. The molecule has 0 bridgehead atoms. The highest BCUT2D eigenvalue weighted by Gasteiger charge is 2.45. The molecule has 1 saturated carbocycles. The van der Waals surface area contributed by atoms with Crippen LogP contribution in [0.15, 0.2) is 60.7 Å². The van der Waals surface area contributed by atoms with Crippen LogP contribution in [-0.2, 0) is 15.2 Å². The molecule has 5 heteroatoms. The van der Waals surface area contributed by atoms with E-state index in [0.717, 1.165) is 36.8 Å². The summed E-state index contributed by atoms with van der Waals surface area (Å²) in [6, 6.07) is 20.1. The van der Waals surface area contributed by atoms with E-state index in [1.807, 2.05) is 70.5 Å². The van der Waals surface area contributed by atoms with E-state index < -0.39 is 5.60 Å². The molecule has 2 aromatic carbocycles. The van der Waals surface area contributed by atoms with E-state index in [-0.39, 0.29) is 23.7 Å². The quantitative estimate of drug-likeness (QED) is 0.811. The second-order valence-electron chi connectivity index (χ2n) is 9.28. The Morgan fingerprint density at radius 2 is 1.42 bits per heavy atom. The van der Waals surface area contributed by atoms with Crippen molar-refractivity contribution in [2.75, 3.05) is 19.6 Å². The first kappa shape index (κ1) is 20.3. The Morgan fingerprint density at radius 1 is 0.871 bits per heavy atom. The van der Waals surface area contributed by atoms with E-state index in [9.17, 15) is 14.7 Å². The molecule has 31 heavy (non-hydrogen) atoms. The van der Waals surface area contributed by atoms with Gasteiger partial charge in [0.2, 0.25) is 11.8 Å². The molecule has 1 aliphatic carbocycles. The van der Waals surface area contributed by atoms with Gasteiger partial charge in [0.15, 0.2) is 0 Å². The molecular formula is C26H30N2O3. The Labute approximate surface area is 183 Å². The zero-order valence-electron chi connectivity index (χ0n) is 17.8. The Balaban J connectivity index is 1.30. The predicted octanol–water partition coefficient (Wildman–Crippen LogP) is 3.17. The molecule has 3 fully saturated rings. The summed E-state index contributed by atoms with van der Waals surface area (Å²) < 4.78 is 0. The summed E-state index contributed by atoms with van der Waals surface area (Å²) in [5.74, 6) is 0.0671. The zero-order valence-corrected chi connectivity index (χ0v) is 17.8. The highest BCUT2D eigenvalue weighted by Crippen LogP contribution is 2.42. The lowest BCUT2D eigenvalue weighted by Gasteiger charge is -2.42. The van der Waals surface area contributed by atoms with Gasteiger partial charge in [0.25, 0.3) is 0 Å². The van der Waals surface area contributed by atoms with Crippen molar-refractivity contribution >= 4 is 11.8 Å². The number of carbonyl (C=O) groups excluding carboxylic acids is 2. The highest BCUT2D eigenvalue weighted by atomic mass is 16.3. The van der Waals surface area contributed by atoms with E-state index in [2.05, 4.69) is 0 Å². The molecule has 0 aromatic heterocycles. The lowest BCUT2D eigenvalue weighted by Crippen LogP contribution is -2.47. The standard InChI is InChI=1S/C26H30N2O3/c29-24-17-19(18-28(24)23-11-12-23)25(30)27-15-13-22(14-16-27)26(31,20-7-3-1-4-8-20)21-9-5-2-6-10-21/h1-10,19,22-23,31H,11-18H2. The van der Waals surface area contributed by atoms with Crippen molar-refractivity contribution in [3.8, 4) is 0 Å². The normalized spacial score (nSPS) is 22.7. The molecule has 2 heterocycles. The van der Waals surface area contributed by atoms with Crippen molar-refractivity contribution in [3.05, 3.63) is 71.8 Å². The van der Waals surface area contributed by atoms with E-state index in [1.165, 1.54) is 0 Å². The van der Waals surface area contributed by atoms with Crippen molar-refractivity contribution in [2.24, 2.45) is 11.8 Å². The molecule has 1 atom stereocenters. The van der Waals surface area contributed by atoms with Gasteiger partial charge in [-0.15, -0.1) is 0 Å².